The Balaban J connectivity index is 1.94. The van der Waals surface area contributed by atoms with Gasteiger partial charge < -0.3 is 14.5 Å². The van der Waals surface area contributed by atoms with Gasteiger partial charge >= 0.3 is 0 Å². The lowest BCUT2D eigenvalue weighted by Crippen LogP contribution is -2.15. The highest BCUT2D eigenvalue weighted by molar-refractivity contribution is 6.02. The number of fused-ring (bicyclic) bond motifs is 1. The van der Waals surface area contributed by atoms with Crippen molar-refractivity contribution in [1.82, 2.24) is 0 Å². The molecule has 0 atom stereocenters. The van der Waals surface area contributed by atoms with Crippen molar-refractivity contribution in [1.29, 1.82) is 0 Å². The molecule has 116 valence electrons. The highest BCUT2D eigenvalue weighted by Gasteiger charge is 2.13. The van der Waals surface area contributed by atoms with Gasteiger partial charge in [-0.15, -0.1) is 0 Å². The predicted octanol–water partition coefficient (Wildman–Crippen LogP) is 3.19. The van der Waals surface area contributed by atoms with Crippen molar-refractivity contribution in [3.05, 3.63) is 70.3 Å². The van der Waals surface area contributed by atoms with Crippen LogP contribution in [0.1, 0.15) is 10.6 Å². The molecule has 0 fully saturated rings. The monoisotopic (exact) mass is 313 g/mol. The van der Waals surface area contributed by atoms with Gasteiger partial charge in [0.25, 0.3) is 5.91 Å². The molecular weight excluding hydrogens is 301 g/mol. The van der Waals surface area contributed by atoms with Crippen LogP contribution in [0.25, 0.3) is 11.0 Å². The summed E-state index contributed by atoms with van der Waals surface area (Å²) >= 11 is 0. The smallest absolute Gasteiger partial charge is 0.291 e. The lowest BCUT2D eigenvalue weighted by atomic mass is 10.2. The van der Waals surface area contributed by atoms with Gasteiger partial charge in [0, 0.05) is 11.8 Å². The number of hydrogen-bond acceptors (Lipinski definition) is 4. The van der Waals surface area contributed by atoms with Crippen molar-refractivity contribution in [3.63, 3.8) is 0 Å². The summed E-state index contributed by atoms with van der Waals surface area (Å²) in [5.41, 5.74) is 0.325. The molecule has 6 heteroatoms. The first-order valence-electron chi connectivity index (χ1n) is 6.75. The van der Waals surface area contributed by atoms with Crippen molar-refractivity contribution < 1.29 is 18.3 Å². The number of nitrogens with one attached hydrogen (secondary N) is 1. The quantitative estimate of drug-likeness (QED) is 0.806. The van der Waals surface area contributed by atoms with Crippen LogP contribution in [0.2, 0.25) is 0 Å². The molecule has 0 saturated carbocycles. The molecule has 1 amide bonds. The first kappa shape index (κ1) is 14.8. The maximum atomic E-state index is 12.9. The molecule has 1 aromatic heterocycles. The van der Waals surface area contributed by atoms with Gasteiger partial charge in [0.2, 0.25) is 0 Å². The number of carbonyl (C=O) groups excluding carboxylic acids is 1. The molecule has 0 spiro atoms. The Morgan fingerprint density at radius 1 is 1.13 bits per heavy atom. The van der Waals surface area contributed by atoms with Gasteiger partial charge in [-0.1, -0.05) is 0 Å². The molecule has 5 nitrogen and oxygen atoms in total. The zero-order chi connectivity index (χ0) is 16.4. The molecule has 1 heterocycles. The van der Waals surface area contributed by atoms with E-state index in [1.165, 1.54) is 31.4 Å². The number of ether oxygens (including phenoxy) is 1. The predicted molar refractivity (Wildman–Crippen MR) is 83.4 cm³/mol. The van der Waals surface area contributed by atoms with E-state index < -0.39 is 11.7 Å². The van der Waals surface area contributed by atoms with Crippen molar-refractivity contribution in [3.8, 4) is 5.75 Å². The van der Waals surface area contributed by atoms with E-state index >= 15 is 0 Å². The SMILES string of the molecule is COc1ccc2oc(C(=O)Nc3ccc(F)cc3)cc(=O)c2c1. The summed E-state index contributed by atoms with van der Waals surface area (Å²) in [5.74, 6) is -0.606. The van der Waals surface area contributed by atoms with Gasteiger partial charge in [0.1, 0.15) is 17.1 Å². The highest BCUT2D eigenvalue weighted by Crippen LogP contribution is 2.19. The summed E-state index contributed by atoms with van der Waals surface area (Å²) in [6, 6.07) is 11.1. The van der Waals surface area contributed by atoms with Crippen LogP contribution in [0.15, 0.2) is 57.7 Å². The second-order valence-electron chi connectivity index (χ2n) is 4.80. The number of carbonyl (C=O) groups is 1. The van der Waals surface area contributed by atoms with Crippen LogP contribution in [0.3, 0.4) is 0 Å². The minimum atomic E-state index is -0.591. The highest BCUT2D eigenvalue weighted by atomic mass is 19.1. The Hall–Kier alpha value is -3.15. The van der Waals surface area contributed by atoms with Gasteiger partial charge in [-0.3, -0.25) is 9.59 Å². The lowest BCUT2D eigenvalue weighted by molar-refractivity contribution is 0.0997. The first-order valence-corrected chi connectivity index (χ1v) is 6.75. The van der Waals surface area contributed by atoms with Crippen LogP contribution < -0.4 is 15.5 Å². The number of halogens is 1. The third-order valence-corrected chi connectivity index (χ3v) is 3.26. The first-order chi connectivity index (χ1) is 11.1. The zero-order valence-electron chi connectivity index (χ0n) is 12.1. The molecule has 0 aliphatic rings. The van der Waals surface area contributed by atoms with Gasteiger partial charge in [-0.2, -0.15) is 0 Å². The third kappa shape index (κ3) is 3.06. The molecule has 0 aliphatic carbocycles. The Labute approximate surface area is 130 Å². The van der Waals surface area contributed by atoms with Crippen LogP contribution in [0.5, 0.6) is 5.75 Å². The van der Waals surface area contributed by atoms with E-state index in [2.05, 4.69) is 5.32 Å². The van der Waals surface area contributed by atoms with Gasteiger partial charge in [-0.05, 0) is 42.5 Å². The minimum absolute atomic E-state index is 0.128. The van der Waals surface area contributed by atoms with Crippen molar-refractivity contribution in [2.24, 2.45) is 0 Å². The van der Waals surface area contributed by atoms with E-state index in [9.17, 15) is 14.0 Å². The third-order valence-electron chi connectivity index (χ3n) is 3.26. The molecule has 1 N–H and O–H groups in total. The molecule has 23 heavy (non-hydrogen) atoms. The van der Waals surface area contributed by atoms with Crippen LogP contribution in [0.4, 0.5) is 10.1 Å². The standard InChI is InChI=1S/C17H12FNO4/c1-22-12-6-7-15-13(8-12)14(20)9-16(23-15)17(21)19-11-4-2-10(18)3-5-11/h2-9H,1H3,(H,19,21). The number of hydrogen-bond donors (Lipinski definition) is 1. The van der Waals surface area contributed by atoms with Crippen molar-refractivity contribution >= 4 is 22.6 Å². The molecule has 0 unspecified atom stereocenters. The van der Waals surface area contributed by atoms with E-state index in [1.54, 1.807) is 18.2 Å². The largest absolute Gasteiger partial charge is 0.497 e. The molecule has 0 saturated heterocycles. The Bertz CT molecular complexity index is 931. The second kappa shape index (κ2) is 5.92. The molecule has 0 bridgehead atoms. The Kier molecular flexibility index (Phi) is 3.80. The summed E-state index contributed by atoms with van der Waals surface area (Å²) in [6.07, 6.45) is 0. The second-order valence-corrected chi connectivity index (χ2v) is 4.80. The van der Waals surface area contributed by atoms with E-state index in [4.69, 9.17) is 9.15 Å². The maximum Gasteiger partial charge on any atom is 0.291 e. The van der Waals surface area contributed by atoms with E-state index in [1.807, 2.05) is 0 Å². The van der Waals surface area contributed by atoms with Crippen LogP contribution in [-0.2, 0) is 0 Å². The van der Waals surface area contributed by atoms with Crippen LogP contribution >= 0.6 is 0 Å². The summed E-state index contributed by atoms with van der Waals surface area (Å²) < 4.78 is 23.4. The van der Waals surface area contributed by atoms with Crippen molar-refractivity contribution in [2.45, 2.75) is 0 Å². The fourth-order valence-corrected chi connectivity index (χ4v) is 2.10. The number of anilines is 1. The van der Waals surface area contributed by atoms with Crippen LogP contribution in [0, 0.1) is 5.82 Å². The van der Waals surface area contributed by atoms with Gasteiger partial charge in [0.15, 0.2) is 11.2 Å². The number of amides is 1. The molecule has 0 radical (unpaired) electrons. The minimum Gasteiger partial charge on any atom is -0.497 e. The van der Waals surface area contributed by atoms with E-state index in [0.29, 0.717) is 16.8 Å². The summed E-state index contributed by atoms with van der Waals surface area (Å²) in [5, 5.41) is 2.86. The summed E-state index contributed by atoms with van der Waals surface area (Å²) in [7, 11) is 1.49. The number of rotatable bonds is 3. The fourth-order valence-electron chi connectivity index (χ4n) is 2.10. The Morgan fingerprint density at radius 3 is 2.57 bits per heavy atom. The Morgan fingerprint density at radius 2 is 1.87 bits per heavy atom. The molecule has 3 aromatic rings. The maximum absolute atomic E-state index is 12.9. The molecular formula is C17H12FNO4. The summed E-state index contributed by atoms with van der Waals surface area (Å²) in [4.78, 5) is 24.3. The van der Waals surface area contributed by atoms with Gasteiger partial charge in [0.05, 0.1) is 12.5 Å². The number of benzene rings is 2. The topological polar surface area (TPSA) is 68.5 Å². The van der Waals surface area contributed by atoms with Crippen molar-refractivity contribution in [2.75, 3.05) is 12.4 Å². The van der Waals surface area contributed by atoms with Crippen LogP contribution in [-0.4, -0.2) is 13.0 Å². The zero-order valence-corrected chi connectivity index (χ0v) is 12.1. The normalized spacial score (nSPS) is 10.5. The molecule has 0 aliphatic heterocycles. The van der Waals surface area contributed by atoms with Gasteiger partial charge in [-0.25, -0.2) is 4.39 Å². The fraction of sp³-hybridized carbons (Fsp3) is 0.0588. The summed E-state index contributed by atoms with van der Waals surface area (Å²) in [6.45, 7) is 0. The average Bonchev–Trinajstić information content (AvgIpc) is 2.56. The molecule has 3 rings (SSSR count). The van der Waals surface area contributed by atoms with E-state index in [-0.39, 0.29) is 16.8 Å². The lowest BCUT2D eigenvalue weighted by Gasteiger charge is -2.06. The molecule has 2 aromatic carbocycles. The average molecular weight is 313 g/mol. The van der Waals surface area contributed by atoms with E-state index in [0.717, 1.165) is 6.07 Å². The number of methoxy groups -OCH3 is 1.